The van der Waals surface area contributed by atoms with Crippen molar-refractivity contribution in [2.75, 3.05) is 0 Å². The van der Waals surface area contributed by atoms with E-state index in [-0.39, 0.29) is 0 Å². The van der Waals surface area contributed by atoms with E-state index in [0.29, 0.717) is 19.0 Å². The molecule has 2 heterocycles. The summed E-state index contributed by atoms with van der Waals surface area (Å²) in [6.45, 7) is 0.991. The van der Waals surface area contributed by atoms with E-state index in [2.05, 4.69) is 36.3 Å². The number of hydrogen-bond donors (Lipinski definition) is 0. The Labute approximate surface area is 165 Å². The van der Waals surface area contributed by atoms with Crippen molar-refractivity contribution in [3.63, 3.8) is 0 Å². The zero-order valence-corrected chi connectivity index (χ0v) is 16.0. The molecule has 0 aliphatic rings. The van der Waals surface area contributed by atoms with Crippen LogP contribution in [0.15, 0.2) is 77.4 Å². The van der Waals surface area contributed by atoms with Gasteiger partial charge in [0.15, 0.2) is 0 Å². The molecule has 0 fully saturated rings. The highest BCUT2D eigenvalue weighted by molar-refractivity contribution is 9.10. The molecule has 0 N–H and O–H groups in total. The molecule has 0 saturated heterocycles. The standard InChI is InChI=1S/C20H16BrN5O/c21-17-8-6-16(7-9-17)20-23-25-26(24-20)13-15-4-10-19(11-5-15)27-14-18-3-1-2-12-22-18/h1-12H,13-14H2. The van der Waals surface area contributed by atoms with E-state index in [9.17, 15) is 0 Å². The Morgan fingerprint density at radius 1 is 0.926 bits per heavy atom. The highest BCUT2D eigenvalue weighted by Crippen LogP contribution is 2.18. The molecule has 0 saturated carbocycles. The molecule has 0 spiro atoms. The number of aromatic nitrogens is 5. The van der Waals surface area contributed by atoms with Gasteiger partial charge in [-0.25, -0.2) is 0 Å². The van der Waals surface area contributed by atoms with Crippen molar-refractivity contribution >= 4 is 15.9 Å². The lowest BCUT2D eigenvalue weighted by Crippen LogP contribution is -2.04. The lowest BCUT2D eigenvalue weighted by atomic mass is 10.2. The topological polar surface area (TPSA) is 65.7 Å². The first-order valence-electron chi connectivity index (χ1n) is 8.42. The van der Waals surface area contributed by atoms with Crippen LogP contribution in [-0.4, -0.2) is 25.2 Å². The lowest BCUT2D eigenvalue weighted by Gasteiger charge is -2.06. The van der Waals surface area contributed by atoms with Gasteiger partial charge in [-0.1, -0.05) is 34.1 Å². The van der Waals surface area contributed by atoms with Gasteiger partial charge in [-0.3, -0.25) is 4.98 Å². The molecule has 7 heteroatoms. The van der Waals surface area contributed by atoms with Crippen LogP contribution in [0.3, 0.4) is 0 Å². The van der Waals surface area contributed by atoms with Gasteiger partial charge in [-0.15, -0.1) is 10.2 Å². The fourth-order valence-corrected chi connectivity index (χ4v) is 2.78. The van der Waals surface area contributed by atoms with E-state index in [0.717, 1.165) is 27.0 Å². The molecule has 0 bridgehead atoms. The van der Waals surface area contributed by atoms with Crippen LogP contribution in [0.2, 0.25) is 0 Å². The molecule has 27 heavy (non-hydrogen) atoms. The first-order chi connectivity index (χ1) is 13.3. The van der Waals surface area contributed by atoms with Gasteiger partial charge in [0, 0.05) is 16.2 Å². The van der Waals surface area contributed by atoms with Crippen LogP contribution >= 0.6 is 15.9 Å². The van der Waals surface area contributed by atoms with Gasteiger partial charge in [0.2, 0.25) is 5.82 Å². The SMILES string of the molecule is Brc1ccc(-c2nnn(Cc3ccc(OCc4ccccn4)cc3)n2)cc1. The van der Waals surface area contributed by atoms with Gasteiger partial charge in [0.25, 0.3) is 0 Å². The molecule has 134 valence electrons. The number of halogens is 1. The number of tetrazole rings is 1. The number of benzene rings is 2. The molecule has 6 nitrogen and oxygen atoms in total. The van der Waals surface area contributed by atoms with Crippen molar-refractivity contribution in [1.29, 1.82) is 0 Å². The Hall–Kier alpha value is -3.06. The van der Waals surface area contributed by atoms with E-state index in [1.54, 1.807) is 11.0 Å². The molecule has 0 atom stereocenters. The van der Waals surface area contributed by atoms with Crippen LogP contribution in [0.25, 0.3) is 11.4 Å². The zero-order chi connectivity index (χ0) is 18.5. The van der Waals surface area contributed by atoms with Gasteiger partial charge in [0.05, 0.1) is 12.2 Å². The molecule has 2 aromatic heterocycles. The monoisotopic (exact) mass is 421 g/mol. The van der Waals surface area contributed by atoms with Crippen LogP contribution in [-0.2, 0) is 13.2 Å². The fourth-order valence-electron chi connectivity index (χ4n) is 2.52. The maximum Gasteiger partial charge on any atom is 0.204 e. The van der Waals surface area contributed by atoms with Crippen molar-refractivity contribution < 1.29 is 4.74 Å². The van der Waals surface area contributed by atoms with E-state index in [1.165, 1.54) is 0 Å². The molecule has 0 radical (unpaired) electrons. The highest BCUT2D eigenvalue weighted by atomic mass is 79.9. The van der Waals surface area contributed by atoms with Crippen molar-refractivity contribution in [3.05, 3.63) is 88.7 Å². The van der Waals surface area contributed by atoms with Gasteiger partial charge < -0.3 is 4.74 Å². The summed E-state index contributed by atoms with van der Waals surface area (Å²) in [5.74, 6) is 1.41. The maximum atomic E-state index is 5.75. The summed E-state index contributed by atoms with van der Waals surface area (Å²) in [6, 6.07) is 21.5. The minimum atomic E-state index is 0.446. The lowest BCUT2D eigenvalue weighted by molar-refractivity contribution is 0.301. The van der Waals surface area contributed by atoms with Crippen molar-refractivity contribution in [2.45, 2.75) is 13.2 Å². The average molecular weight is 422 g/mol. The van der Waals surface area contributed by atoms with E-state index < -0.39 is 0 Å². The summed E-state index contributed by atoms with van der Waals surface area (Å²) < 4.78 is 6.77. The van der Waals surface area contributed by atoms with Gasteiger partial charge in [-0.05, 0) is 59.3 Å². The summed E-state index contributed by atoms with van der Waals surface area (Å²) in [5, 5.41) is 12.7. The van der Waals surface area contributed by atoms with Crippen LogP contribution in [0.4, 0.5) is 0 Å². The molecule has 0 unspecified atom stereocenters. The molecule has 0 amide bonds. The third-order valence-corrected chi connectivity index (χ3v) is 4.44. The summed E-state index contributed by atoms with van der Waals surface area (Å²) in [6.07, 6.45) is 1.76. The molecule has 4 aromatic rings. The van der Waals surface area contributed by atoms with Crippen molar-refractivity contribution in [3.8, 4) is 17.1 Å². The molecule has 2 aromatic carbocycles. The predicted molar refractivity (Wildman–Crippen MR) is 105 cm³/mol. The molecular formula is C20H16BrN5O. The number of nitrogens with zero attached hydrogens (tertiary/aromatic N) is 5. The zero-order valence-electron chi connectivity index (χ0n) is 14.4. The molecule has 0 aliphatic heterocycles. The predicted octanol–water partition coefficient (Wildman–Crippen LogP) is 4.12. The Bertz CT molecular complexity index is 1000. The summed E-state index contributed by atoms with van der Waals surface area (Å²) >= 11 is 3.42. The minimum Gasteiger partial charge on any atom is -0.487 e. The largest absolute Gasteiger partial charge is 0.487 e. The normalized spacial score (nSPS) is 10.7. The Balaban J connectivity index is 1.38. The quantitative estimate of drug-likeness (QED) is 0.468. The summed E-state index contributed by atoms with van der Waals surface area (Å²) in [5.41, 5.74) is 2.90. The summed E-state index contributed by atoms with van der Waals surface area (Å²) in [7, 11) is 0. The first-order valence-corrected chi connectivity index (χ1v) is 9.21. The average Bonchev–Trinajstić information content (AvgIpc) is 3.17. The van der Waals surface area contributed by atoms with Gasteiger partial charge >= 0.3 is 0 Å². The van der Waals surface area contributed by atoms with Crippen molar-refractivity contribution in [2.24, 2.45) is 0 Å². The van der Waals surface area contributed by atoms with Crippen molar-refractivity contribution in [1.82, 2.24) is 25.2 Å². The molecular weight excluding hydrogens is 406 g/mol. The number of ether oxygens (including phenoxy) is 1. The van der Waals surface area contributed by atoms with Gasteiger partial charge in [-0.2, -0.15) is 4.80 Å². The minimum absolute atomic E-state index is 0.446. The Kier molecular flexibility index (Phi) is 5.20. The van der Waals surface area contributed by atoms with E-state index >= 15 is 0 Å². The highest BCUT2D eigenvalue weighted by Gasteiger charge is 2.06. The second-order valence-electron chi connectivity index (χ2n) is 5.90. The Morgan fingerprint density at radius 2 is 1.74 bits per heavy atom. The number of pyridine rings is 1. The molecule has 4 rings (SSSR count). The van der Waals surface area contributed by atoms with Crippen LogP contribution in [0.5, 0.6) is 5.75 Å². The maximum absolute atomic E-state index is 5.75. The van der Waals surface area contributed by atoms with Crippen LogP contribution in [0.1, 0.15) is 11.3 Å². The second-order valence-corrected chi connectivity index (χ2v) is 6.82. The first kappa shape index (κ1) is 17.4. The third-order valence-electron chi connectivity index (χ3n) is 3.92. The second kappa shape index (κ2) is 8.09. The summed E-state index contributed by atoms with van der Waals surface area (Å²) in [4.78, 5) is 5.83. The Morgan fingerprint density at radius 3 is 2.48 bits per heavy atom. The number of hydrogen-bond acceptors (Lipinski definition) is 5. The van der Waals surface area contributed by atoms with Gasteiger partial charge in [0.1, 0.15) is 12.4 Å². The van der Waals surface area contributed by atoms with E-state index in [1.807, 2.05) is 66.7 Å². The fraction of sp³-hybridized carbons (Fsp3) is 0.100. The van der Waals surface area contributed by atoms with Crippen LogP contribution < -0.4 is 4.74 Å². The van der Waals surface area contributed by atoms with Crippen LogP contribution in [0, 0.1) is 0 Å². The molecule has 0 aliphatic carbocycles. The smallest absolute Gasteiger partial charge is 0.204 e. The van der Waals surface area contributed by atoms with E-state index in [4.69, 9.17) is 4.74 Å². The number of rotatable bonds is 6. The third kappa shape index (κ3) is 4.57.